The molecule has 1 N–H and O–H groups in total. The van der Waals surface area contributed by atoms with Gasteiger partial charge < -0.3 is 10.1 Å². The van der Waals surface area contributed by atoms with Crippen LogP contribution in [0, 0.1) is 5.92 Å². The van der Waals surface area contributed by atoms with Crippen molar-refractivity contribution in [3.8, 4) is 5.88 Å². The van der Waals surface area contributed by atoms with E-state index in [9.17, 15) is 0 Å². The van der Waals surface area contributed by atoms with Gasteiger partial charge in [0.05, 0.1) is 11.9 Å². The fourth-order valence-corrected chi connectivity index (χ4v) is 2.87. The Balaban J connectivity index is 1.92. The van der Waals surface area contributed by atoms with Crippen LogP contribution in [-0.4, -0.2) is 22.6 Å². The smallest absolute Gasteiger partial charge is 0.232 e. The molecule has 0 spiro atoms. The van der Waals surface area contributed by atoms with Gasteiger partial charge in [0.15, 0.2) is 0 Å². The first-order chi connectivity index (χ1) is 9.83. The second-order valence-electron chi connectivity index (χ2n) is 5.63. The summed E-state index contributed by atoms with van der Waals surface area (Å²) in [5.41, 5.74) is 0.958. The molecule has 4 nitrogen and oxygen atoms in total. The van der Waals surface area contributed by atoms with Crippen molar-refractivity contribution in [1.82, 2.24) is 15.3 Å². The van der Waals surface area contributed by atoms with Gasteiger partial charge in [-0.05, 0) is 44.6 Å². The van der Waals surface area contributed by atoms with Crippen molar-refractivity contribution in [3.63, 3.8) is 0 Å². The largest absolute Gasteiger partial charge is 0.473 e. The first kappa shape index (κ1) is 15.2. The Morgan fingerprint density at radius 2 is 2.10 bits per heavy atom. The summed E-state index contributed by atoms with van der Waals surface area (Å²) in [5.74, 6) is 1.36. The van der Waals surface area contributed by atoms with Gasteiger partial charge in [-0.1, -0.05) is 20.3 Å². The van der Waals surface area contributed by atoms with Crippen molar-refractivity contribution in [2.24, 2.45) is 5.92 Å². The number of nitrogens with one attached hydrogen (secondary N) is 1. The lowest BCUT2D eigenvalue weighted by molar-refractivity contribution is 0.0852. The summed E-state index contributed by atoms with van der Waals surface area (Å²) in [6, 6.07) is 0. The highest BCUT2D eigenvalue weighted by molar-refractivity contribution is 5.09. The van der Waals surface area contributed by atoms with Crippen molar-refractivity contribution in [1.29, 1.82) is 0 Å². The highest BCUT2D eigenvalue weighted by atomic mass is 16.5. The third kappa shape index (κ3) is 4.44. The normalized spacial score (nSPS) is 22.7. The van der Waals surface area contributed by atoms with Crippen LogP contribution in [0.15, 0.2) is 12.4 Å². The molecule has 2 rings (SSSR count). The number of nitrogens with zero attached hydrogens (tertiary/aromatic N) is 2. The van der Waals surface area contributed by atoms with Gasteiger partial charge in [-0.2, -0.15) is 0 Å². The fourth-order valence-electron chi connectivity index (χ4n) is 2.87. The van der Waals surface area contributed by atoms with Crippen LogP contribution in [0.5, 0.6) is 5.88 Å². The first-order valence-corrected chi connectivity index (χ1v) is 8.01. The van der Waals surface area contributed by atoms with Crippen LogP contribution in [0.4, 0.5) is 0 Å². The van der Waals surface area contributed by atoms with Crippen molar-refractivity contribution in [2.75, 3.05) is 6.54 Å². The quantitative estimate of drug-likeness (QED) is 0.777. The standard InChI is InChI=1S/C16H27N3O/c1-3-9-17-10-14-11-18-12-16(19-14)20-15-8-6-5-7-13(15)4-2/h11-13,15,17H,3-10H2,1-2H3. The summed E-state index contributed by atoms with van der Waals surface area (Å²) < 4.78 is 6.10. The van der Waals surface area contributed by atoms with Crippen molar-refractivity contribution in [2.45, 2.75) is 65.0 Å². The molecular formula is C16H27N3O. The van der Waals surface area contributed by atoms with Gasteiger partial charge in [-0.15, -0.1) is 0 Å². The van der Waals surface area contributed by atoms with Crippen LogP contribution in [0.25, 0.3) is 0 Å². The Labute approximate surface area is 122 Å². The van der Waals surface area contributed by atoms with E-state index < -0.39 is 0 Å². The minimum absolute atomic E-state index is 0.321. The number of ether oxygens (including phenoxy) is 1. The number of hydrogen-bond acceptors (Lipinski definition) is 4. The maximum absolute atomic E-state index is 6.10. The van der Waals surface area contributed by atoms with E-state index in [2.05, 4.69) is 29.1 Å². The van der Waals surface area contributed by atoms with Gasteiger partial charge in [-0.25, -0.2) is 4.98 Å². The Kier molecular flexibility index (Phi) is 6.25. The predicted molar refractivity (Wildman–Crippen MR) is 80.7 cm³/mol. The number of aromatic nitrogens is 2. The molecule has 0 bridgehead atoms. The maximum Gasteiger partial charge on any atom is 0.232 e. The SMILES string of the molecule is CCCNCc1cncc(OC2CCCCC2CC)n1. The predicted octanol–water partition coefficient (Wildman–Crippen LogP) is 3.32. The molecule has 1 heterocycles. The summed E-state index contributed by atoms with van der Waals surface area (Å²) in [6.45, 7) is 6.18. The topological polar surface area (TPSA) is 47.0 Å². The summed E-state index contributed by atoms with van der Waals surface area (Å²) in [4.78, 5) is 8.81. The van der Waals surface area contributed by atoms with Gasteiger partial charge in [0.25, 0.3) is 0 Å². The van der Waals surface area contributed by atoms with E-state index in [4.69, 9.17) is 4.74 Å². The molecule has 1 aromatic rings. The van der Waals surface area contributed by atoms with E-state index in [1.807, 2.05) is 6.20 Å². The Bertz CT molecular complexity index is 397. The minimum atomic E-state index is 0.321. The lowest BCUT2D eigenvalue weighted by Gasteiger charge is -2.30. The van der Waals surface area contributed by atoms with E-state index in [1.54, 1.807) is 6.20 Å². The van der Waals surface area contributed by atoms with Crippen LogP contribution in [-0.2, 0) is 6.54 Å². The Morgan fingerprint density at radius 3 is 2.90 bits per heavy atom. The van der Waals surface area contributed by atoms with Crippen molar-refractivity contribution < 1.29 is 4.74 Å². The van der Waals surface area contributed by atoms with E-state index >= 15 is 0 Å². The number of rotatable bonds is 7. The first-order valence-electron chi connectivity index (χ1n) is 8.01. The molecule has 1 aromatic heterocycles. The van der Waals surface area contributed by atoms with Gasteiger partial charge in [0.2, 0.25) is 5.88 Å². The number of hydrogen-bond donors (Lipinski definition) is 1. The van der Waals surface area contributed by atoms with Crippen molar-refractivity contribution in [3.05, 3.63) is 18.1 Å². The van der Waals surface area contributed by atoms with Crippen LogP contribution in [0.1, 0.15) is 58.1 Å². The summed E-state index contributed by atoms with van der Waals surface area (Å²) in [6.07, 6.45) is 11.2. The molecule has 1 fully saturated rings. The molecule has 4 heteroatoms. The Morgan fingerprint density at radius 1 is 1.25 bits per heavy atom. The molecule has 1 saturated carbocycles. The monoisotopic (exact) mass is 277 g/mol. The van der Waals surface area contributed by atoms with Crippen LogP contribution >= 0.6 is 0 Å². The molecule has 0 aromatic carbocycles. The second-order valence-corrected chi connectivity index (χ2v) is 5.63. The Hall–Kier alpha value is -1.16. The molecule has 2 unspecified atom stereocenters. The molecule has 0 radical (unpaired) electrons. The summed E-state index contributed by atoms with van der Waals surface area (Å²) in [7, 11) is 0. The molecule has 1 aliphatic rings. The molecule has 0 aliphatic heterocycles. The summed E-state index contributed by atoms with van der Waals surface area (Å²) >= 11 is 0. The van der Waals surface area contributed by atoms with Gasteiger partial charge in [0, 0.05) is 12.7 Å². The van der Waals surface area contributed by atoms with Gasteiger partial charge in [0.1, 0.15) is 6.10 Å². The van der Waals surface area contributed by atoms with E-state index in [0.717, 1.165) is 31.6 Å². The molecule has 1 aliphatic carbocycles. The molecule has 2 atom stereocenters. The highest BCUT2D eigenvalue weighted by Gasteiger charge is 2.25. The second kappa shape index (κ2) is 8.20. The lowest BCUT2D eigenvalue weighted by atomic mass is 9.85. The van der Waals surface area contributed by atoms with Crippen LogP contribution in [0.3, 0.4) is 0 Å². The van der Waals surface area contributed by atoms with Crippen LogP contribution < -0.4 is 10.1 Å². The van der Waals surface area contributed by atoms with E-state index in [0.29, 0.717) is 17.9 Å². The molecule has 0 amide bonds. The zero-order valence-electron chi connectivity index (χ0n) is 12.8. The van der Waals surface area contributed by atoms with Crippen LogP contribution in [0.2, 0.25) is 0 Å². The zero-order chi connectivity index (χ0) is 14.2. The average Bonchev–Trinajstić information content (AvgIpc) is 2.48. The molecule has 0 saturated heterocycles. The van der Waals surface area contributed by atoms with Crippen molar-refractivity contribution >= 4 is 0 Å². The summed E-state index contributed by atoms with van der Waals surface area (Å²) in [5, 5.41) is 3.34. The van der Waals surface area contributed by atoms with E-state index in [-0.39, 0.29) is 0 Å². The third-order valence-electron chi connectivity index (χ3n) is 4.03. The fraction of sp³-hybridized carbons (Fsp3) is 0.750. The molecular weight excluding hydrogens is 250 g/mol. The molecule has 112 valence electrons. The lowest BCUT2D eigenvalue weighted by Crippen LogP contribution is -2.30. The highest BCUT2D eigenvalue weighted by Crippen LogP contribution is 2.29. The zero-order valence-corrected chi connectivity index (χ0v) is 12.8. The minimum Gasteiger partial charge on any atom is -0.473 e. The molecule has 20 heavy (non-hydrogen) atoms. The van der Waals surface area contributed by atoms with E-state index in [1.165, 1.54) is 25.7 Å². The average molecular weight is 277 g/mol. The third-order valence-corrected chi connectivity index (χ3v) is 4.03. The van der Waals surface area contributed by atoms with Gasteiger partial charge >= 0.3 is 0 Å². The maximum atomic E-state index is 6.10. The van der Waals surface area contributed by atoms with Gasteiger partial charge in [-0.3, -0.25) is 4.98 Å².